The molecule has 2 atom stereocenters. The van der Waals surface area contributed by atoms with Crippen LogP contribution in [-0.4, -0.2) is 103 Å². The second-order valence-electron chi connectivity index (χ2n) is 14.9. The molecule has 0 spiro atoms. The number of allylic oxidation sites excluding steroid dienone is 2. The van der Waals surface area contributed by atoms with E-state index in [0.29, 0.717) is 77.8 Å². The molecule has 326 valence electrons. The summed E-state index contributed by atoms with van der Waals surface area (Å²) in [4.78, 5) is 31.1. The Kier molecular flexibility index (Phi) is 21.9. The van der Waals surface area contributed by atoms with Crippen molar-refractivity contribution in [3.05, 3.63) is 108 Å². The second-order valence-corrected chi connectivity index (χ2v) is 14.9. The number of aliphatic imine (C=N–C) groups is 1. The Morgan fingerprint density at radius 1 is 0.950 bits per heavy atom. The van der Waals surface area contributed by atoms with Crippen molar-refractivity contribution in [2.24, 2.45) is 4.99 Å². The van der Waals surface area contributed by atoms with Gasteiger partial charge in [0.15, 0.2) is 0 Å². The number of anilines is 1. The Balaban J connectivity index is 1.12. The van der Waals surface area contributed by atoms with Gasteiger partial charge in [-0.25, -0.2) is 0 Å². The van der Waals surface area contributed by atoms with E-state index in [-0.39, 0.29) is 24.0 Å². The summed E-state index contributed by atoms with van der Waals surface area (Å²) in [5, 5.41) is 6.69. The molecular formula is C48H66N4O8. The molecule has 4 rings (SSSR count). The van der Waals surface area contributed by atoms with Gasteiger partial charge in [-0.05, 0) is 93.5 Å². The third-order valence-electron chi connectivity index (χ3n) is 10.3. The Morgan fingerprint density at radius 3 is 2.38 bits per heavy atom. The largest absolute Gasteiger partial charge is 0.494 e. The van der Waals surface area contributed by atoms with Gasteiger partial charge in [-0.3, -0.25) is 14.6 Å². The van der Waals surface area contributed by atoms with Gasteiger partial charge in [-0.15, -0.1) is 5.73 Å². The summed E-state index contributed by atoms with van der Waals surface area (Å²) >= 11 is 0. The molecule has 0 bridgehead atoms. The lowest BCUT2D eigenvalue weighted by atomic mass is 9.96. The van der Waals surface area contributed by atoms with Crippen molar-refractivity contribution in [3.63, 3.8) is 0 Å². The Bertz CT molecular complexity index is 1800. The van der Waals surface area contributed by atoms with Crippen molar-refractivity contribution in [2.75, 3.05) is 78.9 Å². The first kappa shape index (κ1) is 47.5. The van der Waals surface area contributed by atoms with Gasteiger partial charge in [-0.1, -0.05) is 43.7 Å². The van der Waals surface area contributed by atoms with Crippen LogP contribution in [0.3, 0.4) is 0 Å². The van der Waals surface area contributed by atoms with Crippen LogP contribution in [0, 0.1) is 0 Å². The molecule has 60 heavy (non-hydrogen) atoms. The minimum atomic E-state index is -0.206. The summed E-state index contributed by atoms with van der Waals surface area (Å²) in [6, 6.07) is 13.1. The number of carbonyl (C=O) groups is 2. The lowest BCUT2D eigenvalue weighted by Crippen LogP contribution is -2.35. The summed E-state index contributed by atoms with van der Waals surface area (Å²) in [6.07, 6.45) is 16.3. The number of hydrogen-bond donors (Lipinski definition) is 2. The first-order valence-corrected chi connectivity index (χ1v) is 21.3. The lowest BCUT2D eigenvalue weighted by Gasteiger charge is -2.33. The number of amides is 1. The van der Waals surface area contributed by atoms with Crippen LogP contribution in [0.25, 0.3) is 0 Å². The number of fused-ring (bicyclic) bond motifs is 1. The Labute approximate surface area is 357 Å². The predicted molar refractivity (Wildman–Crippen MR) is 238 cm³/mol. The fraction of sp³-hybridized carbons (Fsp3) is 0.500. The smallest absolute Gasteiger partial charge is 0.305 e. The quantitative estimate of drug-likeness (QED) is 0.0357. The number of likely N-dealkylation sites (N-methyl/N-ethyl adjacent to an activating group) is 1. The van der Waals surface area contributed by atoms with E-state index < -0.39 is 0 Å². The van der Waals surface area contributed by atoms with Crippen LogP contribution in [0.15, 0.2) is 102 Å². The van der Waals surface area contributed by atoms with E-state index in [1.807, 2.05) is 81.0 Å². The summed E-state index contributed by atoms with van der Waals surface area (Å²) < 4.78 is 33.5. The highest BCUT2D eigenvalue weighted by molar-refractivity contribution is 5.95. The molecule has 2 aliphatic heterocycles. The molecule has 2 unspecified atom stereocenters. The van der Waals surface area contributed by atoms with Crippen molar-refractivity contribution in [2.45, 2.75) is 83.2 Å². The fourth-order valence-corrected chi connectivity index (χ4v) is 7.03. The van der Waals surface area contributed by atoms with Gasteiger partial charge < -0.3 is 44.0 Å². The predicted octanol–water partition coefficient (Wildman–Crippen LogP) is 8.53. The number of rotatable bonds is 29. The van der Waals surface area contributed by atoms with E-state index in [2.05, 4.69) is 44.2 Å². The first-order valence-electron chi connectivity index (χ1n) is 21.3. The molecule has 12 nitrogen and oxygen atoms in total. The summed E-state index contributed by atoms with van der Waals surface area (Å²) in [7, 11) is 3.44. The molecular weight excluding hydrogens is 761 g/mol. The zero-order chi connectivity index (χ0) is 42.8. The number of unbranched alkanes of at least 4 members (excludes halogenated alkanes) is 5. The van der Waals surface area contributed by atoms with Gasteiger partial charge in [0.2, 0.25) is 0 Å². The van der Waals surface area contributed by atoms with Crippen molar-refractivity contribution < 1.29 is 38.0 Å². The molecule has 12 heteroatoms. The number of hydrogen-bond acceptors (Lipinski definition) is 11. The number of carbonyl (C=O) groups excluding carboxylic acids is 2. The van der Waals surface area contributed by atoms with Crippen LogP contribution in [0.5, 0.6) is 11.5 Å². The molecule has 2 N–H and O–H groups in total. The maximum Gasteiger partial charge on any atom is 0.305 e. The maximum atomic E-state index is 13.6. The van der Waals surface area contributed by atoms with Crippen LogP contribution in [-0.2, 0) is 23.7 Å². The molecule has 2 aromatic rings. The molecule has 2 aliphatic rings. The molecule has 0 saturated carbocycles. The molecule has 0 saturated heterocycles. The van der Waals surface area contributed by atoms with Gasteiger partial charge in [-0.2, -0.15) is 0 Å². The van der Waals surface area contributed by atoms with Crippen LogP contribution in [0.4, 0.5) is 5.69 Å². The topological polar surface area (TPSA) is 129 Å². The van der Waals surface area contributed by atoms with Crippen LogP contribution in [0.1, 0.15) is 93.1 Å². The van der Waals surface area contributed by atoms with Gasteiger partial charge in [0.25, 0.3) is 5.91 Å². The summed E-state index contributed by atoms with van der Waals surface area (Å²) in [6.45, 7) is 15.5. The van der Waals surface area contributed by atoms with Gasteiger partial charge >= 0.3 is 5.97 Å². The number of ether oxygens (including phenoxy) is 6. The molecule has 0 aliphatic carbocycles. The van der Waals surface area contributed by atoms with Crippen molar-refractivity contribution >= 4 is 23.8 Å². The van der Waals surface area contributed by atoms with Crippen molar-refractivity contribution in [1.82, 2.24) is 10.2 Å². The zero-order valence-corrected chi connectivity index (χ0v) is 36.0. The molecule has 2 aromatic carbocycles. The van der Waals surface area contributed by atoms with Gasteiger partial charge in [0, 0.05) is 62.3 Å². The minimum absolute atomic E-state index is 0.0310. The van der Waals surface area contributed by atoms with Crippen LogP contribution >= 0.6 is 0 Å². The highest BCUT2D eigenvalue weighted by atomic mass is 16.5. The standard InChI is InChI=1S/C48H66N4O8/c1-6-41(52(4)47(37(2)3)38-17-15-24-49-25-22-38)36-50-40-18-14-16-39(34-40)48(54)51-44-23-29-60-45-21-20-42(35-43(44)45)59-28-13-8-7-11-26-56-30-32-58-33-31-57-27-12-9-10-19-46(53)55-5/h14-16,18,20-22,24-25,34-35,44,47,50H,1-2,7-13,17,19,23,26-33,36H2,3-5H3,(H,51,54). The molecule has 0 radical (unpaired) electrons. The van der Waals surface area contributed by atoms with Crippen molar-refractivity contribution in [1.29, 1.82) is 0 Å². The SMILES string of the molecule is C=C=C(CNc1cccc(C(=O)NC2CCOc3ccc(OCCCCCCOCCOCCOCCCCCC(=O)OC)cc32)c1)N(C)C(C(=C)C)C1=CC=NC=CC1. The summed E-state index contributed by atoms with van der Waals surface area (Å²) in [5.41, 5.74) is 8.47. The normalized spacial score (nSPS) is 14.7. The van der Waals surface area contributed by atoms with E-state index in [4.69, 9.17) is 23.7 Å². The highest BCUT2D eigenvalue weighted by Crippen LogP contribution is 2.35. The Hall–Kier alpha value is -5.13. The molecule has 0 fully saturated rings. The third kappa shape index (κ3) is 16.9. The number of methoxy groups -OCH3 is 1. The average Bonchev–Trinajstić information content (AvgIpc) is 3.54. The fourth-order valence-electron chi connectivity index (χ4n) is 7.03. The molecule has 1 amide bonds. The van der Waals surface area contributed by atoms with Gasteiger partial charge in [0.1, 0.15) is 11.5 Å². The van der Waals surface area contributed by atoms with Crippen LogP contribution < -0.4 is 20.1 Å². The van der Waals surface area contributed by atoms with E-state index in [0.717, 1.165) is 85.4 Å². The van der Waals surface area contributed by atoms with E-state index >= 15 is 0 Å². The summed E-state index contributed by atoms with van der Waals surface area (Å²) in [5.74, 6) is 1.21. The zero-order valence-electron chi connectivity index (χ0n) is 36.0. The minimum Gasteiger partial charge on any atom is -0.494 e. The molecule has 2 heterocycles. The molecule has 0 aromatic heterocycles. The first-order chi connectivity index (χ1) is 29.3. The third-order valence-corrected chi connectivity index (χ3v) is 10.3. The average molecular weight is 827 g/mol. The second kappa shape index (κ2) is 27.6. The number of esters is 1. The van der Waals surface area contributed by atoms with Gasteiger partial charge in [0.05, 0.1) is 71.1 Å². The lowest BCUT2D eigenvalue weighted by molar-refractivity contribution is -0.140. The van der Waals surface area contributed by atoms with Crippen molar-refractivity contribution in [3.8, 4) is 11.5 Å². The van der Waals surface area contributed by atoms with Crippen LogP contribution in [0.2, 0.25) is 0 Å². The number of nitrogens with zero attached hydrogens (tertiary/aromatic N) is 2. The monoisotopic (exact) mass is 826 g/mol. The number of nitrogens with one attached hydrogen (secondary N) is 2. The number of benzene rings is 2. The van der Waals surface area contributed by atoms with E-state index in [1.165, 1.54) is 12.7 Å². The highest BCUT2D eigenvalue weighted by Gasteiger charge is 2.25. The Morgan fingerprint density at radius 2 is 1.67 bits per heavy atom. The van der Waals surface area contributed by atoms with E-state index in [1.54, 1.807) is 0 Å². The van der Waals surface area contributed by atoms with E-state index in [9.17, 15) is 9.59 Å². The maximum absolute atomic E-state index is 13.6.